The zero-order valence-electron chi connectivity index (χ0n) is 6.31. The summed E-state index contributed by atoms with van der Waals surface area (Å²) in [7, 11) is 0. The average Bonchev–Trinajstić information content (AvgIpc) is 2.49. The molecule has 5 heteroatoms. The lowest BCUT2D eigenvalue weighted by molar-refractivity contribution is 1.13. The van der Waals surface area contributed by atoms with Crippen LogP contribution in [0.25, 0.3) is 17.4 Å². The second kappa shape index (κ2) is 2.30. The quantitative estimate of drug-likeness (QED) is 0.661. The Morgan fingerprint density at radius 2 is 2.25 bits per heavy atom. The Morgan fingerprint density at radius 3 is 3.00 bits per heavy atom. The largest absolute Gasteiger partial charge is 0.382 e. The molecule has 12 heavy (non-hydrogen) atoms. The standard InChI is InChI=1S/C7H7N5/c1-2-12-4-11-5-6(8)9-3-10-7(5)12/h2-4H,1H2,(H2,8,9,10). The molecule has 0 saturated heterocycles. The van der Waals surface area contributed by atoms with E-state index < -0.39 is 0 Å². The number of aromatic nitrogens is 4. The summed E-state index contributed by atoms with van der Waals surface area (Å²) < 4.78 is 1.69. The molecule has 5 nitrogen and oxygen atoms in total. The Labute approximate surface area is 68.6 Å². The van der Waals surface area contributed by atoms with Gasteiger partial charge in [-0.1, -0.05) is 6.58 Å². The number of fused-ring (bicyclic) bond motifs is 1. The Kier molecular flexibility index (Phi) is 1.30. The molecule has 2 heterocycles. The zero-order valence-corrected chi connectivity index (χ0v) is 6.31. The van der Waals surface area contributed by atoms with Crippen LogP contribution in [-0.4, -0.2) is 19.5 Å². The minimum absolute atomic E-state index is 0.389. The summed E-state index contributed by atoms with van der Waals surface area (Å²) in [5.41, 5.74) is 6.85. The van der Waals surface area contributed by atoms with E-state index >= 15 is 0 Å². The number of rotatable bonds is 1. The summed E-state index contributed by atoms with van der Waals surface area (Å²) >= 11 is 0. The molecule has 60 valence electrons. The van der Waals surface area contributed by atoms with Gasteiger partial charge in [-0.25, -0.2) is 15.0 Å². The summed E-state index contributed by atoms with van der Waals surface area (Å²) in [6.45, 7) is 3.60. The molecule has 0 aliphatic carbocycles. The van der Waals surface area contributed by atoms with Crippen molar-refractivity contribution in [1.29, 1.82) is 0 Å². The molecular formula is C7H7N5. The van der Waals surface area contributed by atoms with Gasteiger partial charge in [0.1, 0.15) is 12.7 Å². The van der Waals surface area contributed by atoms with Crippen LogP contribution in [0.3, 0.4) is 0 Å². The van der Waals surface area contributed by atoms with Gasteiger partial charge in [-0.2, -0.15) is 0 Å². The van der Waals surface area contributed by atoms with E-state index in [-0.39, 0.29) is 0 Å². The number of nitrogen functional groups attached to an aromatic ring is 1. The average molecular weight is 161 g/mol. The van der Waals surface area contributed by atoms with Crippen LogP contribution in [0.5, 0.6) is 0 Å². The first-order chi connectivity index (χ1) is 5.83. The first kappa shape index (κ1) is 6.78. The van der Waals surface area contributed by atoms with Crippen molar-refractivity contribution in [2.75, 3.05) is 5.73 Å². The number of nitrogens with zero attached hydrogens (tertiary/aromatic N) is 4. The van der Waals surface area contributed by atoms with E-state index in [1.54, 1.807) is 17.1 Å². The second-order valence-electron chi connectivity index (χ2n) is 2.27. The molecule has 0 radical (unpaired) electrons. The maximum Gasteiger partial charge on any atom is 0.169 e. The third kappa shape index (κ3) is 0.763. The summed E-state index contributed by atoms with van der Waals surface area (Å²) in [6.07, 6.45) is 4.61. The lowest BCUT2D eigenvalue weighted by Crippen LogP contribution is -1.93. The van der Waals surface area contributed by atoms with Crippen LogP contribution in [0.2, 0.25) is 0 Å². The van der Waals surface area contributed by atoms with Gasteiger partial charge in [0.15, 0.2) is 17.0 Å². The van der Waals surface area contributed by atoms with E-state index in [1.165, 1.54) is 6.33 Å². The minimum atomic E-state index is 0.389. The van der Waals surface area contributed by atoms with E-state index in [4.69, 9.17) is 5.73 Å². The molecule has 0 aliphatic heterocycles. The van der Waals surface area contributed by atoms with Crippen molar-refractivity contribution < 1.29 is 0 Å². The van der Waals surface area contributed by atoms with Gasteiger partial charge in [0, 0.05) is 6.20 Å². The SMILES string of the molecule is C=Cn1cnc2c(N)ncnc21. The van der Waals surface area contributed by atoms with Gasteiger partial charge < -0.3 is 5.73 Å². The topological polar surface area (TPSA) is 69.6 Å². The van der Waals surface area contributed by atoms with Crippen LogP contribution in [0.4, 0.5) is 5.82 Å². The van der Waals surface area contributed by atoms with Crippen LogP contribution >= 0.6 is 0 Å². The Balaban J connectivity index is 2.88. The Morgan fingerprint density at radius 1 is 1.42 bits per heavy atom. The number of anilines is 1. The summed E-state index contributed by atoms with van der Waals surface area (Å²) in [5, 5.41) is 0. The van der Waals surface area contributed by atoms with Crippen LogP contribution in [0, 0.1) is 0 Å². The number of hydrogen-bond donors (Lipinski definition) is 1. The van der Waals surface area contributed by atoms with Gasteiger partial charge in [0.25, 0.3) is 0 Å². The molecule has 0 aromatic carbocycles. The van der Waals surface area contributed by atoms with Crippen molar-refractivity contribution in [1.82, 2.24) is 19.5 Å². The fraction of sp³-hybridized carbons (Fsp3) is 0. The van der Waals surface area contributed by atoms with Gasteiger partial charge in [0.05, 0.1) is 0 Å². The minimum Gasteiger partial charge on any atom is -0.382 e. The van der Waals surface area contributed by atoms with Crippen LogP contribution in [0.1, 0.15) is 0 Å². The first-order valence-electron chi connectivity index (χ1n) is 3.38. The molecule has 0 saturated carbocycles. The maximum absolute atomic E-state index is 5.56. The molecule has 2 aromatic rings. The smallest absolute Gasteiger partial charge is 0.169 e. The highest BCUT2D eigenvalue weighted by molar-refractivity contribution is 5.82. The number of hydrogen-bond acceptors (Lipinski definition) is 4. The molecule has 0 unspecified atom stereocenters. The van der Waals surface area contributed by atoms with Gasteiger partial charge in [-0.3, -0.25) is 4.57 Å². The van der Waals surface area contributed by atoms with Crippen molar-refractivity contribution in [3.8, 4) is 0 Å². The highest BCUT2D eigenvalue weighted by atomic mass is 15.1. The fourth-order valence-electron chi connectivity index (χ4n) is 1.00. The molecule has 0 amide bonds. The van der Waals surface area contributed by atoms with Crippen molar-refractivity contribution in [2.24, 2.45) is 0 Å². The van der Waals surface area contributed by atoms with Gasteiger partial charge >= 0.3 is 0 Å². The zero-order chi connectivity index (χ0) is 8.55. The van der Waals surface area contributed by atoms with Crippen molar-refractivity contribution >= 4 is 23.2 Å². The van der Waals surface area contributed by atoms with E-state index in [0.717, 1.165) is 0 Å². The van der Waals surface area contributed by atoms with Crippen molar-refractivity contribution in [3.63, 3.8) is 0 Å². The molecule has 0 spiro atoms. The maximum atomic E-state index is 5.56. The monoisotopic (exact) mass is 161 g/mol. The Bertz CT molecular complexity index is 430. The predicted molar refractivity (Wildman–Crippen MR) is 46.1 cm³/mol. The lowest BCUT2D eigenvalue weighted by atomic mass is 10.5. The Hall–Kier alpha value is -1.91. The highest BCUT2D eigenvalue weighted by Crippen LogP contribution is 2.13. The van der Waals surface area contributed by atoms with E-state index in [9.17, 15) is 0 Å². The normalized spacial score (nSPS) is 10.3. The number of imidazole rings is 1. The molecular weight excluding hydrogens is 154 g/mol. The number of nitrogens with two attached hydrogens (primary N) is 1. The van der Waals surface area contributed by atoms with Gasteiger partial charge in [-0.05, 0) is 0 Å². The summed E-state index contributed by atoms with van der Waals surface area (Å²) in [5.74, 6) is 0.389. The van der Waals surface area contributed by atoms with Crippen molar-refractivity contribution in [2.45, 2.75) is 0 Å². The van der Waals surface area contributed by atoms with Crippen LogP contribution in [-0.2, 0) is 0 Å². The van der Waals surface area contributed by atoms with E-state index in [1.807, 2.05) is 0 Å². The summed E-state index contributed by atoms with van der Waals surface area (Å²) in [6, 6.07) is 0. The molecule has 0 fully saturated rings. The molecule has 2 rings (SSSR count). The van der Waals surface area contributed by atoms with Crippen molar-refractivity contribution in [3.05, 3.63) is 19.2 Å². The molecule has 2 aromatic heterocycles. The third-order valence-corrected chi connectivity index (χ3v) is 1.58. The van der Waals surface area contributed by atoms with Gasteiger partial charge in [-0.15, -0.1) is 0 Å². The lowest BCUT2D eigenvalue weighted by Gasteiger charge is -1.93. The summed E-state index contributed by atoms with van der Waals surface area (Å²) in [4.78, 5) is 11.9. The van der Waals surface area contributed by atoms with Crippen LogP contribution in [0.15, 0.2) is 19.2 Å². The third-order valence-electron chi connectivity index (χ3n) is 1.58. The van der Waals surface area contributed by atoms with Crippen LogP contribution < -0.4 is 5.73 Å². The molecule has 0 aliphatic rings. The van der Waals surface area contributed by atoms with E-state index in [0.29, 0.717) is 17.0 Å². The molecule has 0 atom stereocenters. The highest BCUT2D eigenvalue weighted by Gasteiger charge is 2.04. The van der Waals surface area contributed by atoms with Gasteiger partial charge in [0.2, 0.25) is 0 Å². The second-order valence-corrected chi connectivity index (χ2v) is 2.27. The first-order valence-corrected chi connectivity index (χ1v) is 3.38. The molecule has 0 bridgehead atoms. The predicted octanol–water partition coefficient (Wildman–Crippen LogP) is 0.509. The molecule has 2 N–H and O–H groups in total. The fourth-order valence-corrected chi connectivity index (χ4v) is 1.00. The van der Waals surface area contributed by atoms with E-state index in [2.05, 4.69) is 21.5 Å².